The van der Waals surface area contributed by atoms with Gasteiger partial charge in [0.05, 0.1) is 25.5 Å². The van der Waals surface area contributed by atoms with E-state index in [0.717, 1.165) is 18.2 Å². The summed E-state index contributed by atoms with van der Waals surface area (Å²) in [4.78, 5) is 28.8. The molecule has 3 aromatic rings. The third-order valence-corrected chi connectivity index (χ3v) is 7.13. The van der Waals surface area contributed by atoms with Gasteiger partial charge in [0.25, 0.3) is 0 Å². The fourth-order valence-electron chi connectivity index (χ4n) is 3.97. The summed E-state index contributed by atoms with van der Waals surface area (Å²) in [6, 6.07) is 13.6. The Morgan fingerprint density at radius 1 is 0.971 bits per heavy atom. The zero-order chi connectivity index (χ0) is 24.6. The lowest BCUT2D eigenvalue weighted by Gasteiger charge is -2.20. The number of imide groups is 1. The van der Waals surface area contributed by atoms with E-state index < -0.39 is 6.03 Å². The number of fused-ring (bicyclic) bond motifs is 1. The molecule has 1 heterocycles. The molecule has 0 aliphatic heterocycles. The molecule has 0 spiro atoms. The molecular formula is C26H29N3O5S. The maximum atomic E-state index is 12.2. The summed E-state index contributed by atoms with van der Waals surface area (Å²) < 4.78 is 16.5. The first kappa shape index (κ1) is 24.7. The maximum Gasteiger partial charge on any atom is 0.325 e. The summed E-state index contributed by atoms with van der Waals surface area (Å²) in [5.74, 6) is 2.21. The first-order chi connectivity index (χ1) is 17.0. The number of urea groups is 1. The number of carbonyl (C=O) groups is 2. The lowest BCUT2D eigenvalue weighted by atomic mass is 10.0. The highest BCUT2D eigenvalue weighted by molar-refractivity contribution is 8.00. The van der Waals surface area contributed by atoms with Crippen LogP contribution in [-0.4, -0.2) is 42.1 Å². The fraction of sp³-hybridized carbons (Fsp3) is 0.346. The number of pyridine rings is 1. The minimum Gasteiger partial charge on any atom is -0.493 e. The maximum absolute atomic E-state index is 12.2. The van der Waals surface area contributed by atoms with E-state index in [1.165, 1.54) is 19.3 Å². The van der Waals surface area contributed by atoms with Gasteiger partial charge in [0.1, 0.15) is 5.75 Å². The molecule has 1 fully saturated rings. The van der Waals surface area contributed by atoms with Crippen LogP contribution in [0.1, 0.15) is 32.1 Å². The zero-order valence-corrected chi connectivity index (χ0v) is 20.7. The number of carbonyl (C=O) groups excluding carboxylic acids is 2. The highest BCUT2D eigenvalue weighted by atomic mass is 32.2. The largest absolute Gasteiger partial charge is 0.493 e. The van der Waals surface area contributed by atoms with Crippen LogP contribution in [0, 0.1) is 0 Å². The van der Waals surface area contributed by atoms with Crippen molar-refractivity contribution in [1.29, 1.82) is 0 Å². The predicted molar refractivity (Wildman–Crippen MR) is 138 cm³/mol. The lowest BCUT2D eigenvalue weighted by Crippen LogP contribution is -2.35. The molecule has 184 valence electrons. The average Bonchev–Trinajstić information content (AvgIpc) is 2.88. The minimum absolute atomic E-state index is 0.283. The van der Waals surface area contributed by atoms with Gasteiger partial charge in [-0.3, -0.25) is 10.1 Å². The summed E-state index contributed by atoms with van der Waals surface area (Å²) in [5, 5.41) is 6.48. The number of hydrogen-bond acceptors (Lipinski definition) is 7. The van der Waals surface area contributed by atoms with E-state index in [2.05, 4.69) is 15.6 Å². The summed E-state index contributed by atoms with van der Waals surface area (Å²) in [5.41, 5.74) is 1.26. The molecule has 1 aliphatic rings. The van der Waals surface area contributed by atoms with Crippen molar-refractivity contribution in [3.8, 4) is 23.1 Å². The van der Waals surface area contributed by atoms with Crippen LogP contribution >= 0.6 is 11.8 Å². The van der Waals surface area contributed by atoms with Crippen molar-refractivity contribution in [2.45, 2.75) is 37.4 Å². The number of thioether (sulfide) groups is 1. The predicted octanol–water partition coefficient (Wildman–Crippen LogP) is 5.76. The number of benzene rings is 2. The number of anilines is 1. The lowest BCUT2D eigenvalue weighted by molar-refractivity contribution is -0.117. The molecule has 0 atom stereocenters. The molecule has 0 radical (unpaired) electrons. The Labute approximate surface area is 208 Å². The number of ether oxygens (including phenoxy) is 3. The van der Waals surface area contributed by atoms with Gasteiger partial charge in [0.2, 0.25) is 11.8 Å². The second-order valence-corrected chi connectivity index (χ2v) is 9.54. The number of nitrogens with one attached hydrogen (secondary N) is 2. The van der Waals surface area contributed by atoms with Crippen LogP contribution in [0.15, 0.2) is 48.5 Å². The van der Waals surface area contributed by atoms with E-state index in [4.69, 9.17) is 14.2 Å². The number of amides is 3. The van der Waals surface area contributed by atoms with Crippen molar-refractivity contribution < 1.29 is 23.8 Å². The molecule has 0 unspecified atom stereocenters. The van der Waals surface area contributed by atoms with Crippen molar-refractivity contribution in [3.05, 3.63) is 48.5 Å². The summed E-state index contributed by atoms with van der Waals surface area (Å²) >= 11 is 1.63. The molecule has 2 aromatic carbocycles. The molecule has 1 aliphatic carbocycles. The summed E-state index contributed by atoms with van der Waals surface area (Å²) in [6.45, 7) is 0. The Morgan fingerprint density at radius 2 is 1.69 bits per heavy atom. The second-order valence-electron chi connectivity index (χ2n) is 8.25. The minimum atomic E-state index is -0.548. The Bertz CT molecular complexity index is 1180. The van der Waals surface area contributed by atoms with Gasteiger partial charge in [-0.15, -0.1) is 11.8 Å². The summed E-state index contributed by atoms with van der Waals surface area (Å²) in [7, 11) is 3.16. The van der Waals surface area contributed by atoms with Gasteiger partial charge in [-0.25, -0.2) is 9.78 Å². The van der Waals surface area contributed by atoms with Crippen molar-refractivity contribution in [2.24, 2.45) is 0 Å². The molecule has 0 saturated heterocycles. The Hall–Kier alpha value is -3.46. The van der Waals surface area contributed by atoms with Crippen LogP contribution in [0.2, 0.25) is 0 Å². The highest BCUT2D eigenvalue weighted by Gasteiger charge is 2.16. The number of hydrogen-bond donors (Lipinski definition) is 2. The van der Waals surface area contributed by atoms with Crippen LogP contribution in [0.3, 0.4) is 0 Å². The van der Waals surface area contributed by atoms with Gasteiger partial charge in [-0.05, 0) is 49.2 Å². The van der Waals surface area contributed by atoms with E-state index in [1.54, 1.807) is 62.4 Å². The van der Waals surface area contributed by atoms with Gasteiger partial charge in [0.15, 0.2) is 11.5 Å². The van der Waals surface area contributed by atoms with Crippen molar-refractivity contribution >= 4 is 40.3 Å². The van der Waals surface area contributed by atoms with Crippen LogP contribution in [0.4, 0.5) is 10.5 Å². The van der Waals surface area contributed by atoms with Crippen molar-refractivity contribution in [1.82, 2.24) is 10.3 Å². The Balaban J connectivity index is 1.30. The first-order valence-corrected chi connectivity index (χ1v) is 12.6. The number of nitrogens with zero attached hydrogens (tertiary/aromatic N) is 1. The van der Waals surface area contributed by atoms with Crippen LogP contribution in [-0.2, 0) is 4.79 Å². The second kappa shape index (κ2) is 11.8. The Kier molecular flexibility index (Phi) is 8.31. The third kappa shape index (κ3) is 6.79. The van der Waals surface area contributed by atoms with E-state index in [0.29, 0.717) is 45.3 Å². The van der Waals surface area contributed by atoms with E-state index in [1.807, 2.05) is 12.1 Å². The number of aromatic nitrogens is 1. The van der Waals surface area contributed by atoms with Gasteiger partial charge in [-0.1, -0.05) is 19.3 Å². The summed E-state index contributed by atoms with van der Waals surface area (Å²) in [6.07, 6.45) is 6.02. The van der Waals surface area contributed by atoms with Crippen LogP contribution in [0.5, 0.6) is 23.1 Å². The van der Waals surface area contributed by atoms with Crippen LogP contribution < -0.4 is 24.8 Å². The van der Waals surface area contributed by atoms with Gasteiger partial charge < -0.3 is 19.5 Å². The normalized spacial score (nSPS) is 13.8. The van der Waals surface area contributed by atoms with Gasteiger partial charge in [0, 0.05) is 28.5 Å². The molecule has 35 heavy (non-hydrogen) atoms. The molecule has 1 saturated carbocycles. The molecule has 4 rings (SSSR count). The number of rotatable bonds is 8. The first-order valence-electron chi connectivity index (χ1n) is 11.6. The van der Waals surface area contributed by atoms with Crippen molar-refractivity contribution in [2.75, 3.05) is 25.3 Å². The molecule has 2 N–H and O–H groups in total. The highest BCUT2D eigenvalue weighted by Crippen LogP contribution is 2.33. The fourth-order valence-corrected chi connectivity index (χ4v) is 5.09. The molecule has 3 amide bonds. The van der Waals surface area contributed by atoms with Gasteiger partial charge >= 0.3 is 6.03 Å². The number of methoxy groups -OCH3 is 2. The molecule has 1 aromatic heterocycles. The quantitative estimate of drug-likeness (QED) is 0.410. The van der Waals surface area contributed by atoms with Crippen molar-refractivity contribution in [3.63, 3.8) is 0 Å². The Morgan fingerprint density at radius 3 is 2.40 bits per heavy atom. The smallest absolute Gasteiger partial charge is 0.325 e. The van der Waals surface area contributed by atoms with E-state index in [-0.39, 0.29) is 5.91 Å². The molecule has 0 bridgehead atoms. The van der Waals surface area contributed by atoms with E-state index >= 15 is 0 Å². The van der Waals surface area contributed by atoms with Gasteiger partial charge in [-0.2, -0.15) is 0 Å². The molecule has 9 heteroatoms. The third-order valence-electron chi connectivity index (χ3n) is 5.76. The molecule has 8 nitrogen and oxygen atoms in total. The standard InChI is InChI=1S/C26H29N3O5S/c1-32-22-14-17-8-13-25(28-21(17)15-23(22)33-2)34-19-11-9-18(10-12-19)27-26(31)29-24(30)16-35-20-6-4-3-5-7-20/h8-15,20H,3-7,16H2,1-2H3,(H2,27,29,30,31). The average molecular weight is 496 g/mol. The monoisotopic (exact) mass is 495 g/mol. The molecular weight excluding hydrogens is 466 g/mol. The SMILES string of the molecule is COc1cc2ccc(Oc3ccc(NC(=O)NC(=O)CSC4CCCCC4)cc3)nc2cc1OC. The van der Waals surface area contributed by atoms with Crippen LogP contribution in [0.25, 0.3) is 10.9 Å². The topological polar surface area (TPSA) is 98.8 Å². The van der Waals surface area contributed by atoms with E-state index in [9.17, 15) is 9.59 Å². The zero-order valence-electron chi connectivity index (χ0n) is 19.8.